The zero-order chi connectivity index (χ0) is 11.1. The van der Waals surface area contributed by atoms with Gasteiger partial charge < -0.3 is 0 Å². The van der Waals surface area contributed by atoms with Crippen molar-refractivity contribution >= 4 is 62.0 Å². The zero-order valence-corrected chi connectivity index (χ0v) is 9.09. The molecule has 2 aromatic rings. The molecule has 80 valence electrons. The van der Waals surface area contributed by atoms with Crippen LogP contribution in [0.4, 0.5) is 0 Å². The first kappa shape index (κ1) is 14.0. The molecule has 6 heteroatoms. The van der Waals surface area contributed by atoms with Gasteiger partial charge in [-0.05, 0) is 11.5 Å². The molecule has 2 aromatic carbocycles. The molecule has 0 aromatic heterocycles. The van der Waals surface area contributed by atoms with Gasteiger partial charge in [0.1, 0.15) is 4.90 Å². The minimum absolute atomic E-state index is 0. The van der Waals surface area contributed by atoms with Crippen molar-refractivity contribution in [2.45, 2.75) is 4.90 Å². The van der Waals surface area contributed by atoms with E-state index in [1.54, 1.807) is 30.3 Å². The van der Waals surface area contributed by atoms with Crippen LogP contribution >= 0.6 is 11.6 Å². The van der Waals surface area contributed by atoms with Gasteiger partial charge >= 0.3 is 29.6 Å². The molecule has 0 atom stereocenters. The molecule has 0 aliphatic carbocycles. The first-order chi connectivity index (χ1) is 7.00. The summed E-state index contributed by atoms with van der Waals surface area (Å²) in [4.78, 5) is -0.234. The van der Waals surface area contributed by atoms with E-state index in [0.717, 1.165) is 5.39 Å². The topological polar surface area (TPSA) is 54.4 Å². The molecular weight excluding hydrogens is 259 g/mol. The molecule has 0 aliphatic heterocycles. The molecule has 0 radical (unpaired) electrons. The fraction of sp³-hybridized carbons (Fsp3) is 0. The van der Waals surface area contributed by atoms with Crippen molar-refractivity contribution in [3.63, 3.8) is 0 Å². The van der Waals surface area contributed by atoms with Gasteiger partial charge in [0.05, 0.1) is 5.02 Å². The van der Waals surface area contributed by atoms with Crippen molar-refractivity contribution in [3.05, 3.63) is 41.4 Å². The van der Waals surface area contributed by atoms with E-state index in [1.807, 2.05) is 0 Å². The maximum absolute atomic E-state index is 11.1. The van der Waals surface area contributed by atoms with E-state index in [1.165, 1.54) is 6.07 Å². The van der Waals surface area contributed by atoms with E-state index in [2.05, 4.69) is 0 Å². The normalized spacial score (nSPS) is 11.1. The summed E-state index contributed by atoms with van der Waals surface area (Å²) in [6, 6.07) is 9.97. The number of fused-ring (bicyclic) bond motifs is 1. The summed E-state index contributed by atoms with van der Waals surface area (Å²) in [6.45, 7) is 0. The monoisotopic (exact) mass is 266 g/mol. The van der Waals surface area contributed by atoms with Gasteiger partial charge in [-0.15, -0.1) is 0 Å². The van der Waals surface area contributed by atoms with Crippen molar-refractivity contribution < 1.29 is 13.0 Å². The van der Waals surface area contributed by atoms with Gasteiger partial charge in [-0.25, -0.2) is 0 Å². The molecule has 0 saturated heterocycles. The van der Waals surface area contributed by atoms with Crippen molar-refractivity contribution in [1.82, 2.24) is 0 Å². The predicted molar refractivity (Wildman–Crippen MR) is 65.9 cm³/mol. The molecule has 0 amide bonds. The van der Waals surface area contributed by atoms with E-state index < -0.39 is 10.1 Å². The summed E-state index contributed by atoms with van der Waals surface area (Å²) in [5.74, 6) is 0. The Kier molecular flexibility index (Phi) is 4.40. The Hall–Kier alpha value is -0.100. The SMILES string of the molecule is O=S(=O)(O)c1c(Cl)ccc2ccccc12.[NaH]. The minimum atomic E-state index is -4.29. The molecule has 16 heavy (non-hydrogen) atoms. The predicted octanol–water partition coefficient (Wildman–Crippen LogP) is 2.09. The van der Waals surface area contributed by atoms with Crippen LogP contribution in [0.15, 0.2) is 41.3 Å². The van der Waals surface area contributed by atoms with Gasteiger partial charge in [0.25, 0.3) is 10.1 Å². The van der Waals surface area contributed by atoms with Crippen molar-refractivity contribution in [3.8, 4) is 0 Å². The molecule has 0 unspecified atom stereocenters. The first-order valence-corrected chi connectivity index (χ1v) is 5.97. The van der Waals surface area contributed by atoms with Gasteiger partial charge in [0, 0.05) is 5.39 Å². The van der Waals surface area contributed by atoms with E-state index >= 15 is 0 Å². The van der Waals surface area contributed by atoms with Crippen molar-refractivity contribution in [2.75, 3.05) is 0 Å². The third-order valence-corrected chi connectivity index (χ3v) is 3.47. The van der Waals surface area contributed by atoms with E-state index in [4.69, 9.17) is 16.2 Å². The Morgan fingerprint density at radius 3 is 2.31 bits per heavy atom. The summed E-state index contributed by atoms with van der Waals surface area (Å²) in [5.41, 5.74) is 0. The molecule has 0 spiro atoms. The average Bonchev–Trinajstić information content (AvgIpc) is 2.15. The van der Waals surface area contributed by atoms with E-state index in [0.29, 0.717) is 5.39 Å². The third kappa shape index (κ3) is 2.59. The van der Waals surface area contributed by atoms with Gasteiger partial charge in [-0.3, -0.25) is 4.55 Å². The number of halogens is 1. The molecule has 2 rings (SSSR count). The summed E-state index contributed by atoms with van der Waals surface area (Å²) >= 11 is 5.75. The molecule has 0 fully saturated rings. The molecule has 0 aliphatic rings. The van der Waals surface area contributed by atoms with Crippen LogP contribution in [0.3, 0.4) is 0 Å². The Labute approximate surface area is 120 Å². The quantitative estimate of drug-likeness (QED) is 0.635. The zero-order valence-electron chi connectivity index (χ0n) is 7.51. The second kappa shape index (κ2) is 5.04. The van der Waals surface area contributed by atoms with Crippen LogP contribution in [0.1, 0.15) is 0 Å². The number of hydrogen-bond acceptors (Lipinski definition) is 2. The first-order valence-electron chi connectivity index (χ1n) is 4.15. The van der Waals surface area contributed by atoms with Gasteiger partial charge in [-0.1, -0.05) is 41.9 Å². The van der Waals surface area contributed by atoms with Crippen molar-refractivity contribution in [1.29, 1.82) is 0 Å². The maximum atomic E-state index is 11.1. The molecule has 3 nitrogen and oxygen atoms in total. The Bertz CT molecular complexity index is 625. The molecule has 0 heterocycles. The summed E-state index contributed by atoms with van der Waals surface area (Å²) in [6.07, 6.45) is 0. The molecular formula is C10H8ClNaO3S. The average molecular weight is 267 g/mol. The summed E-state index contributed by atoms with van der Waals surface area (Å²) in [7, 11) is -4.29. The second-order valence-electron chi connectivity index (χ2n) is 3.07. The fourth-order valence-electron chi connectivity index (χ4n) is 1.48. The van der Waals surface area contributed by atoms with E-state index in [-0.39, 0.29) is 39.5 Å². The van der Waals surface area contributed by atoms with E-state index in [9.17, 15) is 8.42 Å². The van der Waals surface area contributed by atoms with Crippen LogP contribution in [-0.2, 0) is 10.1 Å². The number of benzene rings is 2. The Morgan fingerprint density at radius 2 is 1.69 bits per heavy atom. The fourth-order valence-corrected chi connectivity index (χ4v) is 2.71. The van der Waals surface area contributed by atoms with Gasteiger partial charge in [-0.2, -0.15) is 8.42 Å². The standard InChI is InChI=1S/C10H7ClO3S.Na.H/c11-9-6-5-7-3-1-2-4-8(7)10(9)15(12,13)14;;/h1-6H,(H,12,13,14);;. The van der Waals surface area contributed by atoms with Crippen LogP contribution < -0.4 is 0 Å². The number of rotatable bonds is 1. The molecule has 0 bridgehead atoms. The van der Waals surface area contributed by atoms with Gasteiger partial charge in [0.2, 0.25) is 0 Å². The molecule has 1 N–H and O–H groups in total. The van der Waals surface area contributed by atoms with Crippen LogP contribution in [-0.4, -0.2) is 42.5 Å². The number of hydrogen-bond donors (Lipinski definition) is 1. The molecule has 0 saturated carbocycles. The van der Waals surface area contributed by atoms with Crippen LogP contribution in [0.25, 0.3) is 10.8 Å². The van der Waals surface area contributed by atoms with Crippen LogP contribution in [0.2, 0.25) is 5.02 Å². The van der Waals surface area contributed by atoms with Crippen molar-refractivity contribution in [2.24, 2.45) is 0 Å². The van der Waals surface area contributed by atoms with Crippen LogP contribution in [0.5, 0.6) is 0 Å². The second-order valence-corrected chi connectivity index (χ2v) is 4.84. The third-order valence-electron chi connectivity index (χ3n) is 2.09. The summed E-state index contributed by atoms with van der Waals surface area (Å²) < 4.78 is 31.3. The summed E-state index contributed by atoms with van der Waals surface area (Å²) in [5, 5.41) is 1.17. The van der Waals surface area contributed by atoms with Crippen LogP contribution in [0, 0.1) is 0 Å². The van der Waals surface area contributed by atoms with Gasteiger partial charge in [0.15, 0.2) is 0 Å². The Balaban J connectivity index is 0.00000128. The Morgan fingerprint density at radius 1 is 1.06 bits per heavy atom.